The summed E-state index contributed by atoms with van der Waals surface area (Å²) in [5.74, 6) is -0.363. The first-order valence-corrected chi connectivity index (χ1v) is 12.9. The summed E-state index contributed by atoms with van der Waals surface area (Å²) >= 11 is 0. The largest absolute Gasteiger partial charge is 0.349 e. The molecule has 34 heavy (non-hydrogen) atoms. The van der Waals surface area contributed by atoms with Crippen molar-refractivity contribution in [3.05, 3.63) is 88.5 Å². The lowest BCUT2D eigenvalue weighted by Gasteiger charge is -2.25. The normalized spacial score (nSPS) is 17.8. The molecule has 1 atom stereocenters. The van der Waals surface area contributed by atoms with Crippen molar-refractivity contribution in [3.63, 3.8) is 0 Å². The summed E-state index contributed by atoms with van der Waals surface area (Å²) in [6.07, 6.45) is 4.25. The van der Waals surface area contributed by atoms with E-state index < -0.39 is 10.8 Å². The summed E-state index contributed by atoms with van der Waals surface area (Å²) in [4.78, 5) is 29.5. The van der Waals surface area contributed by atoms with Gasteiger partial charge in [0, 0.05) is 11.6 Å². The lowest BCUT2D eigenvalue weighted by atomic mass is 10.0. The van der Waals surface area contributed by atoms with Gasteiger partial charge in [-0.25, -0.2) is 4.21 Å². The summed E-state index contributed by atoms with van der Waals surface area (Å²) in [5, 5.41) is 3.12. The van der Waals surface area contributed by atoms with E-state index in [1.165, 1.54) is 0 Å². The molecule has 2 amide bonds. The Kier molecular flexibility index (Phi) is 6.09. The van der Waals surface area contributed by atoms with E-state index >= 15 is 0 Å². The lowest BCUT2D eigenvalue weighted by Crippen LogP contribution is -2.33. The summed E-state index contributed by atoms with van der Waals surface area (Å²) in [6.45, 7) is 4.38. The summed E-state index contributed by atoms with van der Waals surface area (Å²) in [7, 11) is -1.54. The highest BCUT2D eigenvalue weighted by molar-refractivity contribution is 7.85. The number of hydrogen-bond acceptors (Lipinski definition) is 3. The zero-order valence-electron chi connectivity index (χ0n) is 19.5. The van der Waals surface area contributed by atoms with Crippen LogP contribution >= 0.6 is 0 Å². The van der Waals surface area contributed by atoms with Crippen molar-refractivity contribution >= 4 is 28.3 Å². The molecule has 0 radical (unpaired) electrons. The van der Waals surface area contributed by atoms with Gasteiger partial charge in [0.25, 0.3) is 11.8 Å². The van der Waals surface area contributed by atoms with Gasteiger partial charge in [0.1, 0.15) is 0 Å². The monoisotopic (exact) mass is 472 g/mol. The van der Waals surface area contributed by atoms with E-state index in [1.807, 2.05) is 26.0 Å². The predicted octanol–water partition coefficient (Wildman–Crippen LogP) is 5.30. The minimum absolute atomic E-state index is 0.152. The number of rotatable bonds is 4. The van der Waals surface area contributed by atoms with Crippen molar-refractivity contribution in [1.82, 2.24) is 5.32 Å². The Morgan fingerprint density at radius 2 is 1.76 bits per heavy atom. The van der Waals surface area contributed by atoms with Gasteiger partial charge in [-0.1, -0.05) is 48.7 Å². The molecule has 0 unspecified atom stereocenters. The van der Waals surface area contributed by atoms with Crippen LogP contribution in [-0.2, 0) is 17.3 Å². The van der Waals surface area contributed by atoms with Gasteiger partial charge in [0.05, 0.1) is 38.4 Å². The Balaban J connectivity index is 1.61. The van der Waals surface area contributed by atoms with E-state index in [9.17, 15) is 13.8 Å². The number of amides is 2. The number of carbonyl (C=O) groups excluding carboxylic acids is 2. The van der Waals surface area contributed by atoms with E-state index in [0.29, 0.717) is 33.2 Å². The third-order valence-corrected chi connectivity index (χ3v) is 8.30. The van der Waals surface area contributed by atoms with Gasteiger partial charge in [-0.2, -0.15) is 0 Å². The summed E-state index contributed by atoms with van der Waals surface area (Å²) in [5.41, 5.74) is 4.64. The topological polar surface area (TPSA) is 66.5 Å². The van der Waals surface area contributed by atoms with Crippen LogP contribution in [0.4, 0.5) is 5.69 Å². The van der Waals surface area contributed by atoms with Crippen molar-refractivity contribution in [2.75, 3.05) is 4.90 Å². The van der Waals surface area contributed by atoms with Gasteiger partial charge in [-0.05, 0) is 68.1 Å². The Morgan fingerprint density at radius 1 is 1.00 bits per heavy atom. The van der Waals surface area contributed by atoms with Crippen LogP contribution in [0.15, 0.2) is 70.5 Å². The molecule has 5 rings (SSSR count). The molecule has 2 aliphatic rings. The van der Waals surface area contributed by atoms with Gasteiger partial charge in [-0.3, -0.25) is 9.59 Å². The van der Waals surface area contributed by atoms with E-state index in [2.05, 4.69) is 11.4 Å². The van der Waals surface area contributed by atoms with Gasteiger partial charge in [0.2, 0.25) is 0 Å². The smallest absolute Gasteiger partial charge is 0.259 e. The second kappa shape index (κ2) is 9.18. The minimum atomic E-state index is -1.54. The fourth-order valence-corrected chi connectivity index (χ4v) is 6.19. The third kappa shape index (κ3) is 4.18. The standard InChI is InChI=1S/C28H28N2O3S/c1-18-11-12-19(2)21(15-18)17-30-24-16-20(27(31)29-22-7-3-4-8-22)13-14-26(24)34(33)25-10-6-5-9-23(25)28(30)32/h5-6,9-16,22H,3-4,7-8,17H2,1-2H3,(H,29,31)/t34-/m0/s1. The van der Waals surface area contributed by atoms with Crippen LogP contribution < -0.4 is 10.2 Å². The van der Waals surface area contributed by atoms with Crippen molar-refractivity contribution < 1.29 is 13.8 Å². The molecule has 1 aliphatic carbocycles. The summed E-state index contributed by atoms with van der Waals surface area (Å²) < 4.78 is 13.6. The van der Waals surface area contributed by atoms with Gasteiger partial charge >= 0.3 is 0 Å². The van der Waals surface area contributed by atoms with E-state index in [0.717, 1.165) is 42.4 Å². The molecule has 1 aliphatic heterocycles. The molecule has 3 aromatic carbocycles. The van der Waals surface area contributed by atoms with Crippen LogP contribution in [0.2, 0.25) is 0 Å². The zero-order valence-corrected chi connectivity index (χ0v) is 20.3. The van der Waals surface area contributed by atoms with Crippen molar-refractivity contribution in [2.45, 2.75) is 61.9 Å². The zero-order chi connectivity index (χ0) is 23.8. The molecule has 6 heteroatoms. The van der Waals surface area contributed by atoms with E-state index in [4.69, 9.17) is 0 Å². The molecule has 1 fully saturated rings. The van der Waals surface area contributed by atoms with Crippen LogP contribution in [-0.4, -0.2) is 22.1 Å². The maximum absolute atomic E-state index is 13.8. The first-order chi connectivity index (χ1) is 16.4. The molecule has 174 valence electrons. The van der Waals surface area contributed by atoms with Gasteiger partial charge < -0.3 is 10.2 Å². The van der Waals surface area contributed by atoms with Crippen LogP contribution in [0.25, 0.3) is 0 Å². The maximum atomic E-state index is 13.8. The lowest BCUT2D eigenvalue weighted by molar-refractivity contribution is 0.0935. The average molecular weight is 473 g/mol. The fourth-order valence-electron chi connectivity index (χ4n) is 4.84. The number of carbonyl (C=O) groups is 2. The highest BCUT2D eigenvalue weighted by atomic mass is 32.2. The number of nitrogens with one attached hydrogen (secondary N) is 1. The number of nitrogens with zero attached hydrogens (tertiary/aromatic N) is 1. The van der Waals surface area contributed by atoms with Gasteiger partial charge in [0.15, 0.2) is 0 Å². The molecular weight excluding hydrogens is 444 g/mol. The summed E-state index contributed by atoms with van der Waals surface area (Å²) in [6, 6.07) is 18.6. The molecule has 0 aromatic heterocycles. The second-order valence-corrected chi connectivity index (χ2v) is 10.6. The third-order valence-electron chi connectivity index (χ3n) is 6.80. The Hall–Kier alpha value is -3.25. The molecule has 5 nitrogen and oxygen atoms in total. The van der Waals surface area contributed by atoms with Crippen LogP contribution in [0.5, 0.6) is 0 Å². The molecule has 0 spiro atoms. The van der Waals surface area contributed by atoms with Crippen molar-refractivity contribution in [3.8, 4) is 0 Å². The van der Waals surface area contributed by atoms with Crippen LogP contribution in [0.3, 0.4) is 0 Å². The number of benzene rings is 3. The molecule has 1 heterocycles. The van der Waals surface area contributed by atoms with Crippen molar-refractivity contribution in [1.29, 1.82) is 0 Å². The van der Waals surface area contributed by atoms with E-state index in [1.54, 1.807) is 47.4 Å². The molecule has 0 bridgehead atoms. The molecule has 3 aromatic rings. The Bertz CT molecular complexity index is 1310. The fraction of sp³-hybridized carbons (Fsp3) is 0.286. The second-order valence-electron chi connectivity index (χ2n) is 9.22. The number of fused-ring (bicyclic) bond motifs is 2. The highest BCUT2D eigenvalue weighted by Crippen LogP contribution is 2.36. The average Bonchev–Trinajstić information content (AvgIpc) is 3.34. The molecule has 0 saturated heterocycles. The quantitative estimate of drug-likeness (QED) is 0.560. The van der Waals surface area contributed by atoms with Crippen LogP contribution in [0.1, 0.15) is 63.1 Å². The maximum Gasteiger partial charge on any atom is 0.259 e. The highest BCUT2D eigenvalue weighted by Gasteiger charge is 2.32. The number of anilines is 1. The Labute approximate surface area is 202 Å². The molecular formula is C28H28N2O3S. The van der Waals surface area contributed by atoms with Crippen LogP contribution in [0, 0.1) is 13.8 Å². The van der Waals surface area contributed by atoms with Crippen molar-refractivity contribution in [2.24, 2.45) is 0 Å². The first-order valence-electron chi connectivity index (χ1n) is 11.8. The molecule has 1 N–H and O–H groups in total. The van der Waals surface area contributed by atoms with Gasteiger partial charge in [-0.15, -0.1) is 0 Å². The van der Waals surface area contributed by atoms with E-state index in [-0.39, 0.29) is 17.9 Å². The first kappa shape index (κ1) is 22.5. The predicted molar refractivity (Wildman–Crippen MR) is 134 cm³/mol. The Morgan fingerprint density at radius 3 is 2.56 bits per heavy atom. The SMILES string of the molecule is Cc1ccc(C)c(CN2C(=O)c3ccccc3[S@](=O)c3ccc(C(=O)NC4CCCC4)cc32)c1. The number of hydrogen-bond donors (Lipinski definition) is 1. The minimum Gasteiger partial charge on any atom is -0.349 e. The number of aryl methyl sites for hydroxylation is 2. The molecule has 1 saturated carbocycles.